The van der Waals surface area contributed by atoms with Gasteiger partial charge >= 0.3 is 5.97 Å². The standard InChI is InChI=1S/C19H16N2O5/c20-17(19(24)25)18-14-8-12(26-11-4-2-1-3-5-11)6-7-13(14)15(9-22)16(10-23)21-18/h1-8,10,17,22H,9,20H2,(H,24,25). The van der Waals surface area contributed by atoms with Gasteiger partial charge < -0.3 is 20.7 Å². The Balaban J connectivity index is 2.20. The quantitative estimate of drug-likeness (QED) is 0.582. The Morgan fingerprint density at radius 3 is 2.50 bits per heavy atom. The molecule has 0 aliphatic rings. The summed E-state index contributed by atoms with van der Waals surface area (Å²) in [6.45, 7) is -0.418. The highest BCUT2D eigenvalue weighted by Gasteiger charge is 2.22. The van der Waals surface area contributed by atoms with Crippen LogP contribution in [-0.2, 0) is 11.4 Å². The fourth-order valence-electron chi connectivity index (χ4n) is 2.70. The number of fused-ring (bicyclic) bond motifs is 1. The first kappa shape index (κ1) is 17.5. The summed E-state index contributed by atoms with van der Waals surface area (Å²) in [6.07, 6.45) is 0.470. The van der Waals surface area contributed by atoms with E-state index in [1.54, 1.807) is 30.3 Å². The molecule has 0 saturated heterocycles. The number of rotatable bonds is 6. The summed E-state index contributed by atoms with van der Waals surface area (Å²) in [6, 6.07) is 12.5. The molecule has 0 aliphatic carbocycles. The minimum atomic E-state index is -1.42. The van der Waals surface area contributed by atoms with Crippen LogP contribution in [0.25, 0.3) is 10.8 Å². The van der Waals surface area contributed by atoms with E-state index in [2.05, 4.69) is 4.98 Å². The normalized spacial score (nSPS) is 11.9. The number of pyridine rings is 1. The molecule has 0 fully saturated rings. The van der Waals surface area contributed by atoms with Gasteiger partial charge in [-0.1, -0.05) is 24.3 Å². The minimum Gasteiger partial charge on any atom is -0.480 e. The average molecular weight is 352 g/mol. The lowest BCUT2D eigenvalue weighted by Gasteiger charge is -2.15. The number of aliphatic carboxylic acids is 1. The van der Waals surface area contributed by atoms with Crippen LogP contribution in [0.5, 0.6) is 11.5 Å². The van der Waals surface area contributed by atoms with Crippen LogP contribution in [0.15, 0.2) is 48.5 Å². The number of aliphatic hydroxyl groups excluding tert-OH is 1. The van der Waals surface area contributed by atoms with Crippen LogP contribution in [0.3, 0.4) is 0 Å². The van der Waals surface area contributed by atoms with Crippen LogP contribution in [-0.4, -0.2) is 27.5 Å². The summed E-state index contributed by atoms with van der Waals surface area (Å²) in [5.41, 5.74) is 6.04. The Kier molecular flexibility index (Phi) is 4.92. The molecule has 1 aromatic heterocycles. The molecule has 0 saturated carbocycles. The van der Waals surface area contributed by atoms with Gasteiger partial charge in [-0.15, -0.1) is 0 Å². The Labute approximate surface area is 148 Å². The summed E-state index contributed by atoms with van der Waals surface area (Å²) in [4.78, 5) is 26.7. The number of carbonyl (C=O) groups excluding carboxylic acids is 1. The lowest BCUT2D eigenvalue weighted by atomic mass is 9.99. The summed E-state index contributed by atoms with van der Waals surface area (Å²) < 4.78 is 5.76. The van der Waals surface area contributed by atoms with Gasteiger partial charge in [0.15, 0.2) is 6.29 Å². The van der Waals surface area contributed by atoms with Gasteiger partial charge in [-0.25, -0.2) is 4.98 Å². The maximum Gasteiger partial charge on any atom is 0.326 e. The first-order valence-electron chi connectivity index (χ1n) is 7.79. The molecule has 132 valence electrons. The second kappa shape index (κ2) is 7.30. The number of carboxylic acid groups (broad SMARTS) is 1. The molecule has 26 heavy (non-hydrogen) atoms. The molecule has 0 bridgehead atoms. The highest BCUT2D eigenvalue weighted by molar-refractivity contribution is 5.96. The topological polar surface area (TPSA) is 123 Å². The first-order chi connectivity index (χ1) is 12.5. The van der Waals surface area contributed by atoms with Crippen LogP contribution >= 0.6 is 0 Å². The average Bonchev–Trinajstić information content (AvgIpc) is 2.66. The zero-order chi connectivity index (χ0) is 18.7. The molecule has 1 atom stereocenters. The molecule has 1 unspecified atom stereocenters. The van der Waals surface area contributed by atoms with Crippen LogP contribution in [0, 0.1) is 0 Å². The van der Waals surface area contributed by atoms with Crippen LogP contribution in [0.4, 0.5) is 0 Å². The maximum atomic E-state index is 11.3. The van der Waals surface area contributed by atoms with E-state index in [9.17, 15) is 19.8 Å². The molecule has 0 aliphatic heterocycles. The molecule has 1 heterocycles. The van der Waals surface area contributed by atoms with E-state index >= 15 is 0 Å². The monoisotopic (exact) mass is 352 g/mol. The van der Waals surface area contributed by atoms with Gasteiger partial charge in [-0.05, 0) is 29.7 Å². The molecule has 3 rings (SSSR count). The molecule has 7 nitrogen and oxygen atoms in total. The SMILES string of the molecule is NC(C(=O)O)c1nc(C=O)c(CO)c2ccc(Oc3ccccc3)cc12. The highest BCUT2D eigenvalue weighted by Crippen LogP contribution is 2.32. The van der Waals surface area contributed by atoms with Gasteiger partial charge in [0, 0.05) is 10.9 Å². The number of nitrogens with two attached hydrogens (primary N) is 1. The summed E-state index contributed by atoms with van der Waals surface area (Å²) >= 11 is 0. The number of hydrogen-bond acceptors (Lipinski definition) is 6. The van der Waals surface area contributed by atoms with E-state index in [-0.39, 0.29) is 11.4 Å². The van der Waals surface area contributed by atoms with Crippen molar-refractivity contribution in [3.63, 3.8) is 0 Å². The van der Waals surface area contributed by atoms with Crippen molar-refractivity contribution in [1.29, 1.82) is 0 Å². The number of para-hydroxylation sites is 1. The molecule has 3 aromatic rings. The molecular formula is C19H16N2O5. The molecule has 4 N–H and O–H groups in total. The van der Waals surface area contributed by atoms with E-state index in [1.807, 2.05) is 18.2 Å². The van der Waals surface area contributed by atoms with E-state index in [0.717, 1.165) is 0 Å². The van der Waals surface area contributed by atoms with Crippen molar-refractivity contribution >= 4 is 23.0 Å². The van der Waals surface area contributed by atoms with Crippen molar-refractivity contribution in [2.45, 2.75) is 12.6 Å². The second-order valence-electron chi connectivity index (χ2n) is 5.58. The number of ether oxygens (including phenoxy) is 1. The van der Waals surface area contributed by atoms with Crippen molar-refractivity contribution in [2.24, 2.45) is 5.73 Å². The highest BCUT2D eigenvalue weighted by atomic mass is 16.5. The van der Waals surface area contributed by atoms with Crippen molar-refractivity contribution in [3.05, 3.63) is 65.5 Å². The number of nitrogens with zero attached hydrogens (tertiary/aromatic N) is 1. The van der Waals surface area contributed by atoms with Crippen molar-refractivity contribution < 1.29 is 24.5 Å². The largest absolute Gasteiger partial charge is 0.480 e. The minimum absolute atomic E-state index is 0.0327. The third-order valence-electron chi connectivity index (χ3n) is 3.95. The number of carbonyl (C=O) groups is 2. The Hall–Kier alpha value is -3.29. The van der Waals surface area contributed by atoms with Gasteiger partial charge in [0.25, 0.3) is 0 Å². The predicted octanol–water partition coefficient (Wildman–Crippen LogP) is 2.42. The Bertz CT molecular complexity index is 973. The Morgan fingerprint density at radius 1 is 1.15 bits per heavy atom. The van der Waals surface area contributed by atoms with Crippen molar-refractivity contribution in [3.8, 4) is 11.5 Å². The number of benzene rings is 2. The van der Waals surface area contributed by atoms with Crippen molar-refractivity contribution in [2.75, 3.05) is 0 Å². The molecular weight excluding hydrogens is 336 g/mol. The van der Waals surface area contributed by atoms with E-state index in [4.69, 9.17) is 10.5 Å². The molecule has 7 heteroatoms. The summed E-state index contributed by atoms with van der Waals surface area (Å²) in [7, 11) is 0. The van der Waals surface area contributed by atoms with Crippen LogP contribution < -0.4 is 10.5 Å². The lowest BCUT2D eigenvalue weighted by Crippen LogP contribution is -2.23. The number of aliphatic hydroxyl groups is 1. The molecule has 2 aromatic carbocycles. The zero-order valence-electron chi connectivity index (χ0n) is 13.6. The van der Waals surface area contributed by atoms with Gasteiger partial charge in [-0.2, -0.15) is 0 Å². The predicted molar refractivity (Wildman–Crippen MR) is 94.1 cm³/mol. The van der Waals surface area contributed by atoms with E-state index < -0.39 is 18.6 Å². The molecule has 0 radical (unpaired) electrons. The zero-order valence-corrected chi connectivity index (χ0v) is 13.6. The van der Waals surface area contributed by atoms with Crippen LogP contribution in [0.2, 0.25) is 0 Å². The fourth-order valence-corrected chi connectivity index (χ4v) is 2.70. The van der Waals surface area contributed by atoms with Gasteiger partial charge in [0.2, 0.25) is 0 Å². The second-order valence-corrected chi connectivity index (χ2v) is 5.58. The number of carboxylic acids is 1. The maximum absolute atomic E-state index is 11.3. The van der Waals surface area contributed by atoms with Gasteiger partial charge in [-0.3, -0.25) is 9.59 Å². The lowest BCUT2D eigenvalue weighted by molar-refractivity contribution is -0.138. The smallest absolute Gasteiger partial charge is 0.326 e. The fraction of sp³-hybridized carbons (Fsp3) is 0.105. The number of hydrogen-bond donors (Lipinski definition) is 3. The van der Waals surface area contributed by atoms with E-state index in [1.165, 1.54) is 0 Å². The summed E-state index contributed by atoms with van der Waals surface area (Å²) in [5, 5.41) is 19.8. The van der Waals surface area contributed by atoms with Gasteiger partial charge in [0.05, 0.1) is 12.3 Å². The molecule has 0 amide bonds. The van der Waals surface area contributed by atoms with Crippen LogP contribution in [0.1, 0.15) is 27.8 Å². The third kappa shape index (κ3) is 3.26. The van der Waals surface area contributed by atoms with E-state index in [0.29, 0.717) is 34.1 Å². The third-order valence-corrected chi connectivity index (χ3v) is 3.95. The Morgan fingerprint density at radius 2 is 1.88 bits per heavy atom. The van der Waals surface area contributed by atoms with Gasteiger partial charge in [0.1, 0.15) is 23.2 Å². The first-order valence-corrected chi connectivity index (χ1v) is 7.79. The number of aldehydes is 1. The summed E-state index contributed by atoms with van der Waals surface area (Å²) in [5.74, 6) is -0.218. The van der Waals surface area contributed by atoms with Crippen molar-refractivity contribution in [1.82, 2.24) is 4.98 Å². The molecule has 0 spiro atoms. The number of aromatic nitrogens is 1.